The number of hydrogen-bond donors (Lipinski definition) is 0. The Hall–Kier alpha value is -2.21. The topological polar surface area (TPSA) is 51.7 Å². The Morgan fingerprint density at radius 2 is 2.13 bits per heavy atom. The summed E-state index contributed by atoms with van der Waals surface area (Å²) >= 11 is 1.73. The van der Waals surface area contributed by atoms with Crippen LogP contribution in [0.5, 0.6) is 11.5 Å². The van der Waals surface area contributed by atoms with Crippen LogP contribution in [0.1, 0.15) is 10.4 Å². The summed E-state index contributed by atoms with van der Waals surface area (Å²) in [6, 6.07) is 11.1. The van der Waals surface area contributed by atoms with Crippen LogP contribution in [0, 0.1) is 0 Å². The number of benzene rings is 1. The summed E-state index contributed by atoms with van der Waals surface area (Å²) in [5.74, 6) is 2.29. The van der Waals surface area contributed by atoms with Gasteiger partial charge in [-0.05, 0) is 24.3 Å². The molecule has 1 saturated heterocycles. The number of rotatable bonds is 5. The van der Waals surface area contributed by atoms with Gasteiger partial charge in [-0.2, -0.15) is 0 Å². The summed E-state index contributed by atoms with van der Waals surface area (Å²) in [6.45, 7) is 1.15. The fourth-order valence-electron chi connectivity index (χ4n) is 2.45. The Bertz CT molecular complexity index is 666. The van der Waals surface area contributed by atoms with Crippen LogP contribution in [0.2, 0.25) is 0 Å². The van der Waals surface area contributed by atoms with Crippen LogP contribution in [-0.4, -0.2) is 47.2 Å². The van der Waals surface area contributed by atoms with Crippen molar-refractivity contribution in [2.24, 2.45) is 0 Å². The van der Waals surface area contributed by atoms with E-state index in [1.54, 1.807) is 43.4 Å². The minimum atomic E-state index is -0.00683. The summed E-state index contributed by atoms with van der Waals surface area (Å²) in [6.07, 6.45) is 3.27. The van der Waals surface area contributed by atoms with Gasteiger partial charge in [-0.15, -0.1) is 11.8 Å². The van der Waals surface area contributed by atoms with Gasteiger partial charge in [0.15, 0.2) is 11.5 Å². The number of methoxy groups -OCH3 is 1. The van der Waals surface area contributed by atoms with Crippen molar-refractivity contribution >= 4 is 17.7 Å². The fourth-order valence-corrected chi connectivity index (χ4v) is 3.57. The number of nitrogens with zero attached hydrogens (tertiary/aromatic N) is 2. The van der Waals surface area contributed by atoms with Gasteiger partial charge >= 0.3 is 0 Å². The lowest BCUT2D eigenvalue weighted by Crippen LogP contribution is -2.38. The third kappa shape index (κ3) is 3.59. The number of aromatic nitrogens is 1. The van der Waals surface area contributed by atoms with E-state index in [0.29, 0.717) is 23.7 Å². The van der Waals surface area contributed by atoms with Gasteiger partial charge in [0.2, 0.25) is 0 Å². The molecule has 1 aliphatic rings. The second-order valence-electron chi connectivity index (χ2n) is 5.03. The number of carbonyl (C=O) groups excluding carboxylic acids is 1. The lowest BCUT2D eigenvalue weighted by atomic mass is 10.2. The van der Waals surface area contributed by atoms with Crippen molar-refractivity contribution < 1.29 is 14.3 Å². The van der Waals surface area contributed by atoms with Crippen molar-refractivity contribution in [2.75, 3.05) is 26.0 Å². The highest BCUT2D eigenvalue weighted by Crippen LogP contribution is 2.29. The smallest absolute Gasteiger partial charge is 0.256 e. The molecule has 2 aromatic rings. The SMILES string of the molecule is COc1ccccc1OCC1SCCN1C(=O)c1cccnc1. The molecule has 1 unspecified atom stereocenters. The van der Waals surface area contributed by atoms with Crippen LogP contribution in [-0.2, 0) is 0 Å². The van der Waals surface area contributed by atoms with Gasteiger partial charge in [0.05, 0.1) is 12.7 Å². The van der Waals surface area contributed by atoms with Crippen LogP contribution >= 0.6 is 11.8 Å². The maximum Gasteiger partial charge on any atom is 0.256 e. The zero-order chi connectivity index (χ0) is 16.1. The Labute approximate surface area is 139 Å². The zero-order valence-electron chi connectivity index (χ0n) is 12.8. The normalized spacial score (nSPS) is 17.1. The van der Waals surface area contributed by atoms with Crippen LogP contribution in [0.25, 0.3) is 0 Å². The fraction of sp³-hybridized carbons (Fsp3) is 0.294. The summed E-state index contributed by atoms with van der Waals surface area (Å²) in [5, 5.41) is -0.00683. The Morgan fingerprint density at radius 3 is 2.87 bits per heavy atom. The summed E-state index contributed by atoms with van der Waals surface area (Å²) in [4.78, 5) is 18.4. The largest absolute Gasteiger partial charge is 0.493 e. The zero-order valence-corrected chi connectivity index (χ0v) is 13.7. The van der Waals surface area contributed by atoms with Gasteiger partial charge in [-0.25, -0.2) is 0 Å². The molecule has 1 aromatic heterocycles. The molecule has 3 rings (SSSR count). The number of amides is 1. The summed E-state index contributed by atoms with van der Waals surface area (Å²) in [5.41, 5.74) is 0.609. The number of carbonyl (C=O) groups is 1. The molecule has 6 heteroatoms. The van der Waals surface area contributed by atoms with Gasteiger partial charge in [0.25, 0.3) is 5.91 Å². The maximum absolute atomic E-state index is 12.6. The van der Waals surface area contributed by atoms with E-state index in [1.165, 1.54) is 0 Å². The number of para-hydroxylation sites is 2. The van der Waals surface area contributed by atoms with Crippen LogP contribution in [0.15, 0.2) is 48.8 Å². The molecule has 1 aromatic carbocycles. The molecule has 0 aliphatic carbocycles. The lowest BCUT2D eigenvalue weighted by Gasteiger charge is -2.24. The van der Waals surface area contributed by atoms with Gasteiger partial charge < -0.3 is 14.4 Å². The molecule has 1 atom stereocenters. The van der Waals surface area contributed by atoms with E-state index in [0.717, 1.165) is 12.3 Å². The van der Waals surface area contributed by atoms with Crippen molar-refractivity contribution in [3.05, 3.63) is 54.4 Å². The van der Waals surface area contributed by atoms with Crippen molar-refractivity contribution in [1.29, 1.82) is 0 Å². The quantitative estimate of drug-likeness (QED) is 0.844. The standard InChI is InChI=1S/C17H18N2O3S/c1-21-14-6-2-3-7-15(14)22-12-16-19(9-10-23-16)17(20)13-5-4-8-18-11-13/h2-8,11,16H,9-10,12H2,1H3. The minimum absolute atomic E-state index is 0.00303. The first kappa shape index (κ1) is 15.7. The highest BCUT2D eigenvalue weighted by molar-refractivity contribution is 8.00. The van der Waals surface area contributed by atoms with E-state index >= 15 is 0 Å². The third-order valence-corrected chi connectivity index (χ3v) is 4.80. The number of hydrogen-bond acceptors (Lipinski definition) is 5. The van der Waals surface area contributed by atoms with E-state index in [-0.39, 0.29) is 11.3 Å². The van der Waals surface area contributed by atoms with E-state index in [9.17, 15) is 4.79 Å². The first-order valence-electron chi connectivity index (χ1n) is 7.38. The first-order chi connectivity index (χ1) is 11.3. The van der Waals surface area contributed by atoms with E-state index in [1.807, 2.05) is 29.2 Å². The highest BCUT2D eigenvalue weighted by atomic mass is 32.2. The molecule has 1 aliphatic heterocycles. The molecule has 0 saturated carbocycles. The summed E-state index contributed by atoms with van der Waals surface area (Å²) < 4.78 is 11.2. The van der Waals surface area contributed by atoms with Gasteiger partial charge in [-0.3, -0.25) is 9.78 Å². The van der Waals surface area contributed by atoms with Crippen LogP contribution < -0.4 is 9.47 Å². The Morgan fingerprint density at radius 1 is 1.30 bits per heavy atom. The number of thioether (sulfide) groups is 1. The molecule has 23 heavy (non-hydrogen) atoms. The molecule has 2 heterocycles. The third-order valence-electron chi connectivity index (χ3n) is 3.61. The average Bonchev–Trinajstić information content (AvgIpc) is 3.08. The van der Waals surface area contributed by atoms with Crippen LogP contribution in [0.3, 0.4) is 0 Å². The second kappa shape index (κ2) is 7.37. The monoisotopic (exact) mass is 330 g/mol. The molecule has 5 nitrogen and oxygen atoms in total. The molecule has 1 fully saturated rings. The Balaban J connectivity index is 1.66. The predicted octanol–water partition coefficient (Wildman–Crippen LogP) is 2.68. The van der Waals surface area contributed by atoms with Gasteiger partial charge in [0, 0.05) is 24.7 Å². The molecule has 0 N–H and O–H groups in total. The van der Waals surface area contributed by atoms with Crippen molar-refractivity contribution in [1.82, 2.24) is 9.88 Å². The van der Waals surface area contributed by atoms with E-state index in [4.69, 9.17) is 9.47 Å². The van der Waals surface area contributed by atoms with Crippen LogP contribution in [0.4, 0.5) is 0 Å². The van der Waals surface area contributed by atoms with Gasteiger partial charge in [0.1, 0.15) is 12.0 Å². The molecular weight excluding hydrogens is 312 g/mol. The molecule has 0 spiro atoms. The highest BCUT2D eigenvalue weighted by Gasteiger charge is 2.30. The second-order valence-corrected chi connectivity index (χ2v) is 6.31. The summed E-state index contributed by atoms with van der Waals surface area (Å²) in [7, 11) is 1.62. The average molecular weight is 330 g/mol. The molecule has 1 amide bonds. The molecule has 0 radical (unpaired) electrons. The molecular formula is C17H18N2O3S. The Kier molecular flexibility index (Phi) is 5.02. The van der Waals surface area contributed by atoms with E-state index < -0.39 is 0 Å². The maximum atomic E-state index is 12.6. The molecule has 0 bridgehead atoms. The van der Waals surface area contributed by atoms with Crippen molar-refractivity contribution in [3.63, 3.8) is 0 Å². The molecule has 120 valence electrons. The number of pyridine rings is 1. The first-order valence-corrected chi connectivity index (χ1v) is 8.43. The van der Waals surface area contributed by atoms with E-state index in [2.05, 4.69) is 4.98 Å². The lowest BCUT2D eigenvalue weighted by molar-refractivity contribution is 0.0729. The number of ether oxygens (including phenoxy) is 2. The predicted molar refractivity (Wildman–Crippen MR) is 90.0 cm³/mol. The van der Waals surface area contributed by atoms with Crippen molar-refractivity contribution in [3.8, 4) is 11.5 Å². The van der Waals surface area contributed by atoms with Gasteiger partial charge in [-0.1, -0.05) is 12.1 Å². The van der Waals surface area contributed by atoms with Crippen molar-refractivity contribution in [2.45, 2.75) is 5.37 Å². The minimum Gasteiger partial charge on any atom is -0.493 e.